The minimum atomic E-state index is 0.471. The number of nitrogens with zero attached hydrogens (tertiary/aromatic N) is 1. The van der Waals surface area contributed by atoms with E-state index in [1.165, 1.54) is 0 Å². The molecule has 0 spiro atoms. The molecule has 6 heteroatoms. The minimum absolute atomic E-state index is 0.471. The third-order valence-electron chi connectivity index (χ3n) is 2.76. The van der Waals surface area contributed by atoms with Crippen molar-refractivity contribution in [3.63, 3.8) is 0 Å². The van der Waals surface area contributed by atoms with Gasteiger partial charge < -0.3 is 9.47 Å². The van der Waals surface area contributed by atoms with Crippen LogP contribution >= 0.6 is 23.2 Å². The first kappa shape index (κ1) is 15.5. The van der Waals surface area contributed by atoms with Crippen molar-refractivity contribution < 1.29 is 9.47 Å². The van der Waals surface area contributed by atoms with E-state index in [-0.39, 0.29) is 0 Å². The molecular formula is C15H14Cl2N2O2. The highest BCUT2D eigenvalue weighted by molar-refractivity contribution is 6.42. The average molecular weight is 325 g/mol. The van der Waals surface area contributed by atoms with E-state index in [1.54, 1.807) is 44.7 Å². The molecular weight excluding hydrogens is 311 g/mol. The SMILES string of the molecule is COc1ccc(/C=N\Nc2ccc(Cl)c(Cl)c2)c(OC)c1. The zero-order valence-corrected chi connectivity index (χ0v) is 13.1. The fourth-order valence-electron chi connectivity index (χ4n) is 1.67. The highest BCUT2D eigenvalue weighted by Crippen LogP contribution is 2.25. The third kappa shape index (κ3) is 4.03. The van der Waals surface area contributed by atoms with Crippen LogP contribution in [0.2, 0.25) is 10.0 Å². The molecule has 21 heavy (non-hydrogen) atoms. The van der Waals surface area contributed by atoms with Gasteiger partial charge in [-0.1, -0.05) is 23.2 Å². The van der Waals surface area contributed by atoms with Gasteiger partial charge >= 0.3 is 0 Å². The Morgan fingerprint density at radius 1 is 1.00 bits per heavy atom. The summed E-state index contributed by atoms with van der Waals surface area (Å²) >= 11 is 11.8. The molecule has 0 fully saturated rings. The van der Waals surface area contributed by atoms with E-state index < -0.39 is 0 Å². The quantitative estimate of drug-likeness (QED) is 0.652. The molecule has 1 N–H and O–H groups in total. The van der Waals surface area contributed by atoms with Gasteiger partial charge in [0.15, 0.2) is 0 Å². The zero-order valence-electron chi connectivity index (χ0n) is 11.6. The van der Waals surface area contributed by atoms with Gasteiger partial charge in [-0.2, -0.15) is 5.10 Å². The van der Waals surface area contributed by atoms with Crippen molar-refractivity contribution in [1.82, 2.24) is 0 Å². The lowest BCUT2D eigenvalue weighted by molar-refractivity contribution is 0.394. The lowest BCUT2D eigenvalue weighted by Gasteiger charge is -2.07. The standard InChI is InChI=1S/C15H14Cl2N2O2/c1-20-12-5-3-10(15(8-12)21-2)9-18-19-11-4-6-13(16)14(17)7-11/h3-9,19H,1-2H3/b18-9-. The molecule has 0 aliphatic carbocycles. The number of benzene rings is 2. The third-order valence-corrected chi connectivity index (χ3v) is 3.50. The van der Waals surface area contributed by atoms with Gasteiger partial charge in [0.2, 0.25) is 0 Å². The maximum absolute atomic E-state index is 5.93. The van der Waals surface area contributed by atoms with E-state index in [0.29, 0.717) is 15.8 Å². The van der Waals surface area contributed by atoms with Gasteiger partial charge in [0.1, 0.15) is 11.5 Å². The first-order chi connectivity index (χ1) is 10.1. The Bertz CT molecular complexity index is 660. The maximum atomic E-state index is 5.93. The summed E-state index contributed by atoms with van der Waals surface area (Å²) in [5.74, 6) is 1.40. The Hall–Kier alpha value is -1.91. The summed E-state index contributed by atoms with van der Waals surface area (Å²) in [6.07, 6.45) is 1.65. The number of rotatable bonds is 5. The molecule has 4 nitrogen and oxygen atoms in total. The molecule has 2 aromatic carbocycles. The summed E-state index contributed by atoms with van der Waals surface area (Å²) < 4.78 is 10.4. The summed E-state index contributed by atoms with van der Waals surface area (Å²) in [6.45, 7) is 0. The van der Waals surface area contributed by atoms with Gasteiger partial charge in [-0.05, 0) is 30.3 Å². The van der Waals surface area contributed by atoms with E-state index in [4.69, 9.17) is 32.7 Å². The maximum Gasteiger partial charge on any atom is 0.131 e. The second-order valence-electron chi connectivity index (χ2n) is 4.11. The van der Waals surface area contributed by atoms with E-state index in [9.17, 15) is 0 Å². The lowest BCUT2D eigenvalue weighted by atomic mass is 10.2. The topological polar surface area (TPSA) is 42.8 Å². The highest BCUT2D eigenvalue weighted by atomic mass is 35.5. The van der Waals surface area contributed by atoms with E-state index in [0.717, 1.165) is 17.0 Å². The van der Waals surface area contributed by atoms with Crippen molar-refractivity contribution in [3.8, 4) is 11.5 Å². The smallest absolute Gasteiger partial charge is 0.131 e. The summed E-state index contributed by atoms with van der Waals surface area (Å²) in [5.41, 5.74) is 4.45. The van der Waals surface area contributed by atoms with Crippen molar-refractivity contribution >= 4 is 35.1 Å². The second kappa shape index (κ2) is 7.20. The number of methoxy groups -OCH3 is 2. The number of anilines is 1. The van der Waals surface area contributed by atoms with Crippen molar-refractivity contribution in [2.24, 2.45) is 5.10 Å². The van der Waals surface area contributed by atoms with Crippen LogP contribution in [0.4, 0.5) is 5.69 Å². The molecule has 0 heterocycles. The molecule has 0 aromatic heterocycles. The van der Waals surface area contributed by atoms with Crippen LogP contribution in [0.15, 0.2) is 41.5 Å². The first-order valence-corrected chi connectivity index (χ1v) is 6.86. The predicted molar refractivity (Wildman–Crippen MR) is 87.2 cm³/mol. The molecule has 2 aromatic rings. The normalized spacial score (nSPS) is 10.7. The lowest BCUT2D eigenvalue weighted by Crippen LogP contribution is -1.95. The number of halogens is 2. The molecule has 0 amide bonds. The van der Waals surface area contributed by atoms with E-state index in [1.807, 2.05) is 12.1 Å². The second-order valence-corrected chi connectivity index (χ2v) is 4.92. The molecule has 0 aliphatic heterocycles. The Labute approximate surface area is 133 Å². The fourth-order valence-corrected chi connectivity index (χ4v) is 1.97. The van der Waals surface area contributed by atoms with Crippen LogP contribution < -0.4 is 14.9 Å². The first-order valence-electron chi connectivity index (χ1n) is 6.10. The van der Waals surface area contributed by atoms with Gasteiger partial charge in [-0.25, -0.2) is 0 Å². The molecule has 0 saturated carbocycles. The van der Waals surface area contributed by atoms with Crippen molar-refractivity contribution in [3.05, 3.63) is 52.0 Å². The minimum Gasteiger partial charge on any atom is -0.497 e. The van der Waals surface area contributed by atoms with Gasteiger partial charge in [-0.15, -0.1) is 0 Å². The Kier molecular flexibility index (Phi) is 5.31. The van der Waals surface area contributed by atoms with Crippen molar-refractivity contribution in [1.29, 1.82) is 0 Å². The number of hydrazone groups is 1. The average Bonchev–Trinajstić information content (AvgIpc) is 2.51. The van der Waals surface area contributed by atoms with Gasteiger partial charge in [0.25, 0.3) is 0 Å². The van der Waals surface area contributed by atoms with E-state index in [2.05, 4.69) is 10.5 Å². The van der Waals surface area contributed by atoms with Crippen molar-refractivity contribution in [2.75, 3.05) is 19.6 Å². The van der Waals surface area contributed by atoms with Gasteiger partial charge in [0, 0.05) is 11.6 Å². The molecule has 0 unspecified atom stereocenters. The molecule has 0 radical (unpaired) electrons. The van der Waals surface area contributed by atoms with Crippen LogP contribution in [-0.2, 0) is 0 Å². The van der Waals surface area contributed by atoms with Crippen LogP contribution in [0.25, 0.3) is 0 Å². The predicted octanol–water partition coefficient (Wildman–Crippen LogP) is 4.46. The highest BCUT2D eigenvalue weighted by Gasteiger charge is 2.03. The molecule has 2 rings (SSSR count). The monoisotopic (exact) mass is 324 g/mol. The number of ether oxygens (including phenoxy) is 2. The molecule has 0 bridgehead atoms. The van der Waals surface area contributed by atoms with Crippen LogP contribution in [-0.4, -0.2) is 20.4 Å². The van der Waals surface area contributed by atoms with Crippen LogP contribution in [0.1, 0.15) is 5.56 Å². The van der Waals surface area contributed by atoms with Gasteiger partial charge in [-0.3, -0.25) is 5.43 Å². The number of hydrogen-bond acceptors (Lipinski definition) is 4. The Morgan fingerprint density at radius 3 is 2.48 bits per heavy atom. The molecule has 0 aliphatic rings. The number of hydrogen-bond donors (Lipinski definition) is 1. The summed E-state index contributed by atoms with van der Waals surface area (Å²) in [7, 11) is 3.20. The summed E-state index contributed by atoms with van der Waals surface area (Å²) in [4.78, 5) is 0. The molecule has 110 valence electrons. The van der Waals surface area contributed by atoms with Crippen molar-refractivity contribution in [2.45, 2.75) is 0 Å². The summed E-state index contributed by atoms with van der Waals surface area (Å²) in [6, 6.07) is 10.7. The molecule has 0 atom stereocenters. The molecule has 0 saturated heterocycles. The Morgan fingerprint density at radius 2 is 1.81 bits per heavy atom. The Balaban J connectivity index is 2.12. The van der Waals surface area contributed by atoms with E-state index >= 15 is 0 Å². The largest absolute Gasteiger partial charge is 0.497 e. The van der Waals surface area contributed by atoms with Crippen LogP contribution in [0, 0.1) is 0 Å². The number of nitrogens with one attached hydrogen (secondary N) is 1. The van der Waals surface area contributed by atoms with Gasteiger partial charge in [0.05, 0.1) is 36.2 Å². The summed E-state index contributed by atoms with van der Waals surface area (Å²) in [5, 5.41) is 5.12. The zero-order chi connectivity index (χ0) is 15.2. The fraction of sp³-hybridized carbons (Fsp3) is 0.133. The van der Waals surface area contributed by atoms with Crippen LogP contribution in [0.3, 0.4) is 0 Å². The van der Waals surface area contributed by atoms with Crippen LogP contribution in [0.5, 0.6) is 11.5 Å².